The van der Waals surface area contributed by atoms with E-state index in [1.54, 1.807) is 19.1 Å². The molecule has 120 valence electrons. The van der Waals surface area contributed by atoms with Crippen molar-refractivity contribution >= 4 is 17.3 Å². The summed E-state index contributed by atoms with van der Waals surface area (Å²) in [4.78, 5) is 22.7. The predicted molar refractivity (Wildman–Crippen MR) is 81.0 cm³/mol. The van der Waals surface area contributed by atoms with Crippen LogP contribution in [0.3, 0.4) is 0 Å². The molecule has 1 aliphatic rings. The molecule has 1 aromatic carbocycles. The molecule has 0 unspecified atom stereocenters. The number of nitrogens with one attached hydrogen (secondary N) is 2. The van der Waals surface area contributed by atoms with E-state index >= 15 is 0 Å². The van der Waals surface area contributed by atoms with Gasteiger partial charge in [-0.2, -0.15) is 9.78 Å². The van der Waals surface area contributed by atoms with Crippen LogP contribution in [0.15, 0.2) is 29.1 Å². The Morgan fingerprint density at radius 3 is 3.00 bits per heavy atom. The second kappa shape index (κ2) is 4.94. The van der Waals surface area contributed by atoms with E-state index in [2.05, 4.69) is 31.0 Å². The number of hydrogen-bond donors (Lipinski definition) is 2. The standard InChI is InChI=1S/C13H10N8O3/c1-6-9-10(12(22)16-15-6)14-13-17-18-19-20(13)11(9)7-3-2-4-8(5-7)21(23)24/h2-5,11H,1H3,(H,16,22)(H,14,17,19)/t11-/m1/s1. The second-order valence-electron chi connectivity index (χ2n) is 5.25. The Balaban J connectivity index is 2.01. The van der Waals surface area contributed by atoms with Crippen LogP contribution in [0.25, 0.3) is 0 Å². The molecule has 0 bridgehead atoms. The maximum atomic E-state index is 12.1. The number of non-ortho nitro benzene ring substituents is 1. The van der Waals surface area contributed by atoms with Gasteiger partial charge >= 0.3 is 0 Å². The minimum atomic E-state index is -0.596. The average molecular weight is 326 g/mol. The molecule has 2 N–H and O–H groups in total. The van der Waals surface area contributed by atoms with E-state index in [0.717, 1.165) is 0 Å². The highest BCUT2D eigenvalue weighted by Crippen LogP contribution is 2.38. The molecule has 4 rings (SSSR count). The van der Waals surface area contributed by atoms with E-state index in [4.69, 9.17) is 0 Å². The maximum absolute atomic E-state index is 12.1. The summed E-state index contributed by atoms with van der Waals surface area (Å²) in [6, 6.07) is 5.54. The van der Waals surface area contributed by atoms with E-state index < -0.39 is 16.5 Å². The van der Waals surface area contributed by atoms with E-state index in [1.165, 1.54) is 16.8 Å². The van der Waals surface area contributed by atoms with Crippen molar-refractivity contribution in [3.63, 3.8) is 0 Å². The number of nitro groups is 1. The third-order valence-corrected chi connectivity index (χ3v) is 3.86. The molecule has 2 aromatic heterocycles. The number of nitrogens with zero attached hydrogens (tertiary/aromatic N) is 6. The summed E-state index contributed by atoms with van der Waals surface area (Å²) in [6.45, 7) is 1.73. The van der Waals surface area contributed by atoms with Crippen LogP contribution in [0.2, 0.25) is 0 Å². The van der Waals surface area contributed by atoms with Gasteiger partial charge in [-0.25, -0.2) is 5.10 Å². The predicted octanol–water partition coefficient (Wildman–Crippen LogP) is 0.668. The molecule has 0 radical (unpaired) electrons. The molecule has 11 nitrogen and oxygen atoms in total. The van der Waals surface area contributed by atoms with Crippen molar-refractivity contribution < 1.29 is 4.92 Å². The minimum Gasteiger partial charge on any atom is -0.318 e. The summed E-state index contributed by atoms with van der Waals surface area (Å²) in [6.07, 6.45) is 0. The Bertz CT molecular complexity index is 1020. The molecule has 3 heterocycles. The lowest BCUT2D eigenvalue weighted by atomic mass is 9.95. The molecule has 0 amide bonds. The quantitative estimate of drug-likeness (QED) is 0.404. The van der Waals surface area contributed by atoms with Gasteiger partial charge in [-0.1, -0.05) is 17.2 Å². The van der Waals surface area contributed by atoms with E-state index in [1.807, 2.05) is 0 Å². The summed E-state index contributed by atoms with van der Waals surface area (Å²) >= 11 is 0. The molecule has 24 heavy (non-hydrogen) atoms. The van der Waals surface area contributed by atoms with Crippen LogP contribution >= 0.6 is 0 Å². The number of anilines is 2. The number of H-pyrrole nitrogens is 1. The number of fused-ring (bicyclic) bond motifs is 2. The number of aromatic nitrogens is 6. The van der Waals surface area contributed by atoms with Crippen molar-refractivity contribution in [2.24, 2.45) is 0 Å². The molecule has 0 spiro atoms. The van der Waals surface area contributed by atoms with Crippen molar-refractivity contribution in [3.8, 4) is 0 Å². The Kier molecular flexibility index (Phi) is 2.88. The van der Waals surface area contributed by atoms with Gasteiger partial charge in [0.15, 0.2) is 0 Å². The highest BCUT2D eigenvalue weighted by atomic mass is 16.6. The summed E-state index contributed by atoms with van der Waals surface area (Å²) in [5, 5.41) is 31.7. The van der Waals surface area contributed by atoms with Crippen LogP contribution in [-0.4, -0.2) is 35.3 Å². The zero-order valence-corrected chi connectivity index (χ0v) is 12.3. The average Bonchev–Trinajstić information content (AvgIpc) is 3.05. The molecular formula is C13H10N8O3. The number of nitro benzene ring substituents is 1. The van der Waals surface area contributed by atoms with E-state index in [0.29, 0.717) is 16.8 Å². The first-order valence-corrected chi connectivity index (χ1v) is 6.94. The Labute approximate surface area is 133 Å². The molecule has 0 aliphatic carbocycles. The lowest BCUT2D eigenvalue weighted by molar-refractivity contribution is -0.384. The fourth-order valence-electron chi connectivity index (χ4n) is 2.81. The fraction of sp³-hybridized carbons (Fsp3) is 0.154. The number of rotatable bonds is 2. The lowest BCUT2D eigenvalue weighted by Crippen LogP contribution is -2.29. The summed E-state index contributed by atoms with van der Waals surface area (Å²) in [5.74, 6) is 0.273. The second-order valence-corrected chi connectivity index (χ2v) is 5.25. The number of hydrogen-bond acceptors (Lipinski definition) is 8. The van der Waals surface area contributed by atoms with Crippen LogP contribution in [-0.2, 0) is 0 Å². The fourth-order valence-corrected chi connectivity index (χ4v) is 2.81. The van der Waals surface area contributed by atoms with Crippen molar-refractivity contribution in [1.82, 2.24) is 30.4 Å². The van der Waals surface area contributed by atoms with Gasteiger partial charge in [0.2, 0.25) is 5.95 Å². The maximum Gasteiger partial charge on any atom is 0.288 e. The van der Waals surface area contributed by atoms with Gasteiger partial charge in [-0.3, -0.25) is 14.9 Å². The first kappa shape index (κ1) is 14.0. The first-order valence-electron chi connectivity index (χ1n) is 6.94. The molecule has 3 aromatic rings. The van der Waals surface area contributed by atoms with Crippen LogP contribution in [0, 0.1) is 17.0 Å². The Hall–Kier alpha value is -3.63. The van der Waals surface area contributed by atoms with Crippen molar-refractivity contribution in [2.45, 2.75) is 13.0 Å². The van der Waals surface area contributed by atoms with Gasteiger partial charge in [-0.05, 0) is 22.9 Å². The molecule has 11 heteroatoms. The molecule has 1 atom stereocenters. The lowest BCUT2D eigenvalue weighted by Gasteiger charge is -2.26. The molecule has 0 saturated heterocycles. The summed E-state index contributed by atoms with van der Waals surface area (Å²) in [5.41, 5.74) is 1.52. The Morgan fingerprint density at radius 2 is 2.21 bits per heavy atom. The van der Waals surface area contributed by atoms with Gasteiger partial charge in [0.25, 0.3) is 11.2 Å². The van der Waals surface area contributed by atoms with Crippen LogP contribution in [0.1, 0.15) is 22.9 Å². The van der Waals surface area contributed by atoms with E-state index in [9.17, 15) is 14.9 Å². The highest BCUT2D eigenvalue weighted by molar-refractivity contribution is 5.64. The van der Waals surface area contributed by atoms with Gasteiger partial charge < -0.3 is 5.32 Å². The smallest absolute Gasteiger partial charge is 0.288 e. The normalized spacial score (nSPS) is 15.3. The van der Waals surface area contributed by atoms with Crippen molar-refractivity contribution in [2.75, 3.05) is 5.32 Å². The summed E-state index contributed by atoms with van der Waals surface area (Å²) in [7, 11) is 0. The molecule has 1 aliphatic heterocycles. The Morgan fingerprint density at radius 1 is 1.38 bits per heavy atom. The number of aromatic amines is 1. The topological polar surface area (TPSA) is 145 Å². The number of benzene rings is 1. The molecule has 0 fully saturated rings. The molecular weight excluding hydrogens is 316 g/mol. The minimum absolute atomic E-state index is 0.0577. The van der Waals surface area contributed by atoms with Crippen LogP contribution in [0.4, 0.5) is 17.3 Å². The van der Waals surface area contributed by atoms with Crippen LogP contribution < -0.4 is 10.9 Å². The monoisotopic (exact) mass is 326 g/mol. The van der Waals surface area contributed by atoms with Gasteiger partial charge in [0.05, 0.1) is 10.6 Å². The zero-order valence-electron chi connectivity index (χ0n) is 12.3. The third kappa shape index (κ3) is 1.95. The SMILES string of the molecule is Cc1n[nH]c(=O)c2c1[C@@H](c1cccc([N+](=O)[O-])c1)n1nnnc1N2. The van der Waals surface area contributed by atoms with Crippen molar-refractivity contribution in [1.29, 1.82) is 0 Å². The third-order valence-electron chi connectivity index (χ3n) is 3.86. The van der Waals surface area contributed by atoms with Gasteiger partial charge in [0, 0.05) is 17.7 Å². The van der Waals surface area contributed by atoms with Gasteiger partial charge in [0.1, 0.15) is 11.7 Å². The van der Waals surface area contributed by atoms with Gasteiger partial charge in [-0.15, -0.1) is 0 Å². The zero-order chi connectivity index (χ0) is 16.8. The van der Waals surface area contributed by atoms with Crippen LogP contribution in [0.5, 0.6) is 0 Å². The highest BCUT2D eigenvalue weighted by Gasteiger charge is 2.33. The first-order chi connectivity index (χ1) is 11.6. The largest absolute Gasteiger partial charge is 0.318 e. The van der Waals surface area contributed by atoms with E-state index in [-0.39, 0.29) is 17.3 Å². The number of aryl methyl sites for hydroxylation is 1. The number of tetrazole rings is 1. The summed E-state index contributed by atoms with van der Waals surface area (Å²) < 4.78 is 1.47. The van der Waals surface area contributed by atoms with Crippen molar-refractivity contribution in [3.05, 3.63) is 61.6 Å². The molecule has 0 saturated carbocycles.